The minimum atomic E-state index is -4.38. The van der Waals surface area contributed by atoms with E-state index in [0.29, 0.717) is 22.8 Å². The SMILES string of the molecule is COc1cc(N)cc(Nc2ccc(C)c(C(F)(F)F)c2)c1. The van der Waals surface area contributed by atoms with Gasteiger partial charge in [0.05, 0.1) is 12.7 Å². The number of aryl methyl sites for hydroxylation is 1. The van der Waals surface area contributed by atoms with E-state index in [-0.39, 0.29) is 5.56 Å². The van der Waals surface area contributed by atoms with Gasteiger partial charge in [0.15, 0.2) is 0 Å². The first-order valence-corrected chi connectivity index (χ1v) is 6.19. The number of ether oxygens (including phenoxy) is 1. The van der Waals surface area contributed by atoms with Crippen LogP contribution < -0.4 is 15.8 Å². The molecule has 0 radical (unpaired) electrons. The van der Waals surface area contributed by atoms with Crippen LogP contribution in [0.4, 0.5) is 30.2 Å². The molecule has 2 aromatic carbocycles. The third kappa shape index (κ3) is 3.59. The molecule has 0 bridgehead atoms. The summed E-state index contributed by atoms with van der Waals surface area (Å²) in [5, 5.41) is 2.90. The minimum Gasteiger partial charge on any atom is -0.497 e. The summed E-state index contributed by atoms with van der Waals surface area (Å²) in [7, 11) is 1.49. The lowest BCUT2D eigenvalue weighted by molar-refractivity contribution is -0.138. The second-order valence-electron chi connectivity index (χ2n) is 4.65. The quantitative estimate of drug-likeness (QED) is 0.828. The van der Waals surface area contributed by atoms with E-state index in [4.69, 9.17) is 10.5 Å². The van der Waals surface area contributed by atoms with Crippen molar-refractivity contribution >= 4 is 17.1 Å². The lowest BCUT2D eigenvalue weighted by atomic mass is 10.1. The molecule has 0 spiro atoms. The maximum atomic E-state index is 12.9. The summed E-state index contributed by atoms with van der Waals surface area (Å²) >= 11 is 0. The number of hydrogen-bond donors (Lipinski definition) is 2. The predicted molar refractivity (Wildman–Crippen MR) is 76.9 cm³/mol. The third-order valence-electron chi connectivity index (χ3n) is 3.00. The van der Waals surface area contributed by atoms with Gasteiger partial charge in [0.25, 0.3) is 0 Å². The molecule has 0 unspecified atom stereocenters. The zero-order valence-electron chi connectivity index (χ0n) is 11.6. The molecular formula is C15H15F3N2O. The lowest BCUT2D eigenvalue weighted by Gasteiger charge is -2.14. The van der Waals surface area contributed by atoms with E-state index in [1.807, 2.05) is 0 Å². The van der Waals surface area contributed by atoms with Gasteiger partial charge in [-0.1, -0.05) is 6.07 Å². The van der Waals surface area contributed by atoms with Crippen LogP contribution in [0.15, 0.2) is 36.4 Å². The standard InChI is InChI=1S/C15H15F3N2O/c1-9-3-4-11(8-14(9)15(16,17)18)20-12-5-10(19)6-13(7-12)21-2/h3-8,20H,19H2,1-2H3. The highest BCUT2D eigenvalue weighted by Gasteiger charge is 2.32. The van der Waals surface area contributed by atoms with Crippen LogP contribution in [0.2, 0.25) is 0 Å². The average molecular weight is 296 g/mol. The van der Waals surface area contributed by atoms with Crippen LogP contribution in [0, 0.1) is 6.92 Å². The molecule has 6 heteroatoms. The van der Waals surface area contributed by atoms with Crippen molar-refractivity contribution in [2.24, 2.45) is 0 Å². The first-order chi connectivity index (χ1) is 9.79. The molecule has 0 heterocycles. The van der Waals surface area contributed by atoms with Crippen molar-refractivity contribution in [2.75, 3.05) is 18.2 Å². The number of alkyl halides is 3. The molecule has 0 amide bonds. The highest BCUT2D eigenvalue weighted by molar-refractivity contribution is 5.67. The third-order valence-corrected chi connectivity index (χ3v) is 3.00. The van der Waals surface area contributed by atoms with E-state index in [9.17, 15) is 13.2 Å². The van der Waals surface area contributed by atoms with Crippen LogP contribution in [-0.2, 0) is 6.18 Å². The second-order valence-corrected chi connectivity index (χ2v) is 4.65. The van der Waals surface area contributed by atoms with Gasteiger partial charge < -0.3 is 15.8 Å². The Bertz CT molecular complexity index is 654. The fraction of sp³-hybridized carbons (Fsp3) is 0.200. The molecule has 0 aliphatic heterocycles. The molecule has 2 rings (SSSR count). The highest BCUT2D eigenvalue weighted by atomic mass is 19.4. The summed E-state index contributed by atoms with van der Waals surface area (Å²) in [5.41, 5.74) is 6.58. The van der Waals surface area contributed by atoms with Crippen molar-refractivity contribution in [1.82, 2.24) is 0 Å². The van der Waals surface area contributed by atoms with Gasteiger partial charge in [-0.05, 0) is 30.7 Å². The molecule has 0 saturated heterocycles. The number of nitrogens with two attached hydrogens (primary N) is 1. The topological polar surface area (TPSA) is 47.3 Å². The van der Waals surface area contributed by atoms with Crippen LogP contribution >= 0.6 is 0 Å². The van der Waals surface area contributed by atoms with Crippen molar-refractivity contribution in [3.05, 3.63) is 47.5 Å². The Morgan fingerprint density at radius 1 is 1.05 bits per heavy atom. The molecule has 0 aromatic heterocycles. The molecular weight excluding hydrogens is 281 g/mol. The first kappa shape index (κ1) is 15.0. The van der Waals surface area contributed by atoms with E-state index in [1.165, 1.54) is 20.1 Å². The molecule has 0 aliphatic rings. The van der Waals surface area contributed by atoms with E-state index >= 15 is 0 Å². The zero-order valence-corrected chi connectivity index (χ0v) is 11.6. The Kier molecular flexibility index (Phi) is 3.97. The Hall–Kier alpha value is -2.37. The minimum absolute atomic E-state index is 0.179. The fourth-order valence-electron chi connectivity index (χ4n) is 1.98. The number of hydrogen-bond acceptors (Lipinski definition) is 3. The smallest absolute Gasteiger partial charge is 0.416 e. The van der Waals surface area contributed by atoms with Crippen LogP contribution in [-0.4, -0.2) is 7.11 Å². The van der Waals surface area contributed by atoms with Gasteiger partial charge in [-0.25, -0.2) is 0 Å². The molecule has 2 aromatic rings. The normalized spacial score (nSPS) is 11.3. The zero-order chi connectivity index (χ0) is 15.6. The maximum Gasteiger partial charge on any atom is 0.416 e. The van der Waals surface area contributed by atoms with Gasteiger partial charge in [-0.3, -0.25) is 0 Å². The molecule has 0 saturated carbocycles. The first-order valence-electron chi connectivity index (χ1n) is 6.19. The van der Waals surface area contributed by atoms with Crippen LogP contribution in [0.5, 0.6) is 5.75 Å². The van der Waals surface area contributed by atoms with E-state index in [0.717, 1.165) is 6.07 Å². The van der Waals surface area contributed by atoms with Crippen LogP contribution in [0.1, 0.15) is 11.1 Å². The molecule has 0 fully saturated rings. The number of benzene rings is 2. The summed E-state index contributed by atoms with van der Waals surface area (Å²) in [6.07, 6.45) is -4.38. The number of methoxy groups -OCH3 is 1. The molecule has 112 valence electrons. The molecule has 0 atom stereocenters. The monoisotopic (exact) mass is 296 g/mol. The van der Waals surface area contributed by atoms with Gasteiger partial charge in [-0.15, -0.1) is 0 Å². The van der Waals surface area contributed by atoms with Crippen molar-refractivity contribution in [3.63, 3.8) is 0 Å². The number of halogens is 3. The van der Waals surface area contributed by atoms with Gasteiger partial charge in [0.1, 0.15) is 5.75 Å². The average Bonchev–Trinajstić information content (AvgIpc) is 2.39. The highest BCUT2D eigenvalue weighted by Crippen LogP contribution is 2.34. The number of nitrogens with one attached hydrogen (secondary N) is 1. The largest absolute Gasteiger partial charge is 0.497 e. The van der Waals surface area contributed by atoms with Gasteiger partial charge in [-0.2, -0.15) is 13.2 Å². The van der Waals surface area contributed by atoms with E-state index in [1.54, 1.807) is 24.3 Å². The Balaban J connectivity index is 2.34. The molecule has 0 aliphatic carbocycles. The molecule has 21 heavy (non-hydrogen) atoms. The Morgan fingerprint density at radius 2 is 1.76 bits per heavy atom. The predicted octanol–water partition coefficient (Wildman–Crippen LogP) is 4.35. The van der Waals surface area contributed by atoms with Crippen LogP contribution in [0.3, 0.4) is 0 Å². The number of rotatable bonds is 3. The van der Waals surface area contributed by atoms with Gasteiger partial charge in [0.2, 0.25) is 0 Å². The maximum absolute atomic E-state index is 12.9. The van der Waals surface area contributed by atoms with Gasteiger partial charge >= 0.3 is 6.18 Å². The van der Waals surface area contributed by atoms with Crippen molar-refractivity contribution < 1.29 is 17.9 Å². The van der Waals surface area contributed by atoms with Crippen molar-refractivity contribution in [3.8, 4) is 5.75 Å². The lowest BCUT2D eigenvalue weighted by Crippen LogP contribution is -2.08. The summed E-state index contributed by atoms with van der Waals surface area (Å²) in [5.74, 6) is 0.528. The summed E-state index contributed by atoms with van der Waals surface area (Å²) < 4.78 is 43.7. The Labute approximate surface area is 120 Å². The van der Waals surface area contributed by atoms with E-state index in [2.05, 4.69) is 5.32 Å². The van der Waals surface area contributed by atoms with Crippen LogP contribution in [0.25, 0.3) is 0 Å². The summed E-state index contributed by atoms with van der Waals surface area (Å²) in [6.45, 7) is 1.43. The molecule has 3 nitrogen and oxygen atoms in total. The van der Waals surface area contributed by atoms with Gasteiger partial charge in [0, 0.05) is 29.2 Å². The Morgan fingerprint density at radius 3 is 2.38 bits per heavy atom. The van der Waals surface area contributed by atoms with Crippen molar-refractivity contribution in [2.45, 2.75) is 13.1 Å². The van der Waals surface area contributed by atoms with E-state index < -0.39 is 11.7 Å². The fourth-order valence-corrected chi connectivity index (χ4v) is 1.98. The molecule has 3 N–H and O–H groups in total. The van der Waals surface area contributed by atoms with Crippen molar-refractivity contribution in [1.29, 1.82) is 0 Å². The summed E-state index contributed by atoms with van der Waals surface area (Å²) in [4.78, 5) is 0. The number of nitrogen functional groups attached to an aromatic ring is 1. The second kappa shape index (κ2) is 5.55. The summed E-state index contributed by atoms with van der Waals surface area (Å²) in [6, 6.07) is 8.99. The number of anilines is 3.